The van der Waals surface area contributed by atoms with Crippen molar-refractivity contribution < 1.29 is 10.2 Å². The number of hydrogen-bond donors (Lipinski definition) is 2. The van der Waals surface area contributed by atoms with Gasteiger partial charge in [0.1, 0.15) is 0 Å². The molecule has 78 valence electrons. The molecular formula is C10H21NO2. The fraction of sp³-hybridized carbons (Fsp3) is 1.00. The first kappa shape index (κ1) is 11.0. The zero-order valence-corrected chi connectivity index (χ0v) is 8.66. The summed E-state index contributed by atoms with van der Waals surface area (Å²) < 4.78 is 0. The topological polar surface area (TPSA) is 43.7 Å². The van der Waals surface area contributed by atoms with E-state index in [1.165, 1.54) is 0 Å². The van der Waals surface area contributed by atoms with Gasteiger partial charge >= 0.3 is 0 Å². The highest BCUT2D eigenvalue weighted by Crippen LogP contribution is 2.30. The van der Waals surface area contributed by atoms with Crippen LogP contribution >= 0.6 is 0 Å². The lowest BCUT2D eigenvalue weighted by Gasteiger charge is -2.42. The Morgan fingerprint density at radius 2 is 2.23 bits per heavy atom. The first-order valence-corrected chi connectivity index (χ1v) is 5.13. The van der Waals surface area contributed by atoms with Gasteiger partial charge in [-0.05, 0) is 25.9 Å². The maximum atomic E-state index is 9.82. The van der Waals surface area contributed by atoms with E-state index in [0.29, 0.717) is 6.54 Å². The number of β-amino-alcohol motifs (C(OH)–C–C–N with tert-alkyl or cyclic N) is 1. The summed E-state index contributed by atoms with van der Waals surface area (Å²) in [5.74, 6) is 0. The Labute approximate surface area is 80.4 Å². The van der Waals surface area contributed by atoms with Gasteiger partial charge in [0.25, 0.3) is 0 Å². The van der Waals surface area contributed by atoms with Crippen molar-refractivity contribution in [3.8, 4) is 0 Å². The van der Waals surface area contributed by atoms with Crippen LogP contribution in [-0.2, 0) is 0 Å². The number of aliphatic hydroxyl groups excluding tert-OH is 2. The van der Waals surface area contributed by atoms with Gasteiger partial charge in [0.05, 0.1) is 12.7 Å². The van der Waals surface area contributed by atoms with Crippen molar-refractivity contribution in [2.24, 2.45) is 5.41 Å². The van der Waals surface area contributed by atoms with Crippen molar-refractivity contribution in [3.05, 3.63) is 0 Å². The van der Waals surface area contributed by atoms with Crippen LogP contribution in [-0.4, -0.2) is 47.5 Å². The van der Waals surface area contributed by atoms with Crippen LogP contribution in [0.1, 0.15) is 26.7 Å². The molecule has 0 aromatic rings. The first-order valence-electron chi connectivity index (χ1n) is 5.13. The van der Waals surface area contributed by atoms with E-state index >= 15 is 0 Å². The Balaban J connectivity index is 2.46. The fourth-order valence-electron chi connectivity index (χ4n) is 1.84. The second-order valence-corrected chi connectivity index (χ2v) is 4.38. The maximum absolute atomic E-state index is 9.82. The number of hydrogen-bond acceptors (Lipinski definition) is 3. The Morgan fingerprint density at radius 1 is 1.54 bits per heavy atom. The zero-order valence-electron chi connectivity index (χ0n) is 8.66. The van der Waals surface area contributed by atoms with Crippen molar-refractivity contribution in [2.45, 2.75) is 32.8 Å². The molecule has 1 saturated heterocycles. The van der Waals surface area contributed by atoms with Crippen molar-refractivity contribution in [1.29, 1.82) is 0 Å². The number of nitrogens with zero attached hydrogens (tertiary/aromatic N) is 1. The quantitative estimate of drug-likeness (QED) is 0.674. The van der Waals surface area contributed by atoms with Gasteiger partial charge in [-0.2, -0.15) is 0 Å². The molecule has 0 aliphatic carbocycles. The van der Waals surface area contributed by atoms with Gasteiger partial charge in [-0.3, -0.25) is 0 Å². The molecule has 0 spiro atoms. The lowest BCUT2D eigenvalue weighted by molar-refractivity contribution is -0.0625. The Kier molecular flexibility index (Phi) is 3.71. The van der Waals surface area contributed by atoms with Crippen LogP contribution in [0.2, 0.25) is 0 Å². The summed E-state index contributed by atoms with van der Waals surface area (Å²) in [7, 11) is 0. The highest BCUT2D eigenvalue weighted by atomic mass is 16.3. The van der Waals surface area contributed by atoms with Gasteiger partial charge in [-0.25, -0.2) is 0 Å². The van der Waals surface area contributed by atoms with Gasteiger partial charge in [0, 0.05) is 12.0 Å². The molecular weight excluding hydrogens is 166 g/mol. The summed E-state index contributed by atoms with van der Waals surface area (Å²) in [5.41, 5.74) is -0.274. The van der Waals surface area contributed by atoms with Crippen LogP contribution in [0.15, 0.2) is 0 Å². The van der Waals surface area contributed by atoms with E-state index in [0.717, 1.165) is 25.9 Å². The summed E-state index contributed by atoms with van der Waals surface area (Å²) in [6.07, 6.45) is 1.64. The molecule has 2 unspecified atom stereocenters. The fourth-order valence-corrected chi connectivity index (χ4v) is 1.84. The third-order valence-electron chi connectivity index (χ3n) is 3.14. The summed E-state index contributed by atoms with van der Waals surface area (Å²) in [6.45, 7) is 6.97. The van der Waals surface area contributed by atoms with Crippen LogP contribution in [0.3, 0.4) is 0 Å². The van der Waals surface area contributed by atoms with E-state index in [9.17, 15) is 5.11 Å². The maximum Gasteiger partial charge on any atom is 0.0742 e. The zero-order chi connectivity index (χ0) is 9.90. The smallest absolute Gasteiger partial charge is 0.0742 e. The lowest BCUT2D eigenvalue weighted by Crippen LogP contribution is -2.51. The minimum atomic E-state index is -0.377. The number of piperidine rings is 1. The Morgan fingerprint density at radius 3 is 2.69 bits per heavy atom. The molecule has 1 rings (SSSR count). The van der Waals surface area contributed by atoms with Gasteiger partial charge in [0.2, 0.25) is 0 Å². The molecule has 1 heterocycles. The SMILES string of the molecule is CCCN1CCC(C)(CO)C(O)C1. The Hall–Kier alpha value is -0.120. The van der Waals surface area contributed by atoms with Crippen molar-refractivity contribution in [2.75, 3.05) is 26.2 Å². The predicted molar refractivity (Wildman–Crippen MR) is 52.5 cm³/mol. The van der Waals surface area contributed by atoms with Crippen LogP contribution in [0.5, 0.6) is 0 Å². The van der Waals surface area contributed by atoms with E-state index in [1.54, 1.807) is 0 Å². The molecule has 0 aromatic carbocycles. The van der Waals surface area contributed by atoms with Gasteiger partial charge in [-0.1, -0.05) is 13.8 Å². The second-order valence-electron chi connectivity index (χ2n) is 4.38. The largest absolute Gasteiger partial charge is 0.396 e. The molecule has 0 bridgehead atoms. The van der Waals surface area contributed by atoms with E-state index in [-0.39, 0.29) is 18.1 Å². The monoisotopic (exact) mass is 187 g/mol. The van der Waals surface area contributed by atoms with Crippen molar-refractivity contribution in [1.82, 2.24) is 4.90 Å². The van der Waals surface area contributed by atoms with Crippen molar-refractivity contribution >= 4 is 0 Å². The van der Waals surface area contributed by atoms with Crippen LogP contribution in [0, 0.1) is 5.41 Å². The lowest BCUT2D eigenvalue weighted by atomic mass is 9.79. The predicted octanol–water partition coefficient (Wildman–Crippen LogP) is 0.462. The average molecular weight is 187 g/mol. The number of aliphatic hydroxyl groups is 2. The van der Waals surface area contributed by atoms with Crippen LogP contribution < -0.4 is 0 Å². The number of likely N-dealkylation sites (tertiary alicyclic amines) is 1. The molecule has 1 aliphatic heterocycles. The van der Waals surface area contributed by atoms with E-state index < -0.39 is 0 Å². The first-order chi connectivity index (χ1) is 6.12. The summed E-state index contributed by atoms with van der Waals surface area (Å²) in [4.78, 5) is 2.27. The molecule has 0 radical (unpaired) electrons. The molecule has 3 nitrogen and oxygen atoms in total. The molecule has 0 saturated carbocycles. The van der Waals surface area contributed by atoms with E-state index in [1.807, 2.05) is 6.92 Å². The summed E-state index contributed by atoms with van der Waals surface area (Å²) >= 11 is 0. The van der Waals surface area contributed by atoms with Gasteiger partial charge in [-0.15, -0.1) is 0 Å². The highest BCUT2D eigenvalue weighted by Gasteiger charge is 2.37. The van der Waals surface area contributed by atoms with Crippen LogP contribution in [0.25, 0.3) is 0 Å². The molecule has 13 heavy (non-hydrogen) atoms. The number of rotatable bonds is 3. The molecule has 0 aromatic heterocycles. The van der Waals surface area contributed by atoms with E-state index in [2.05, 4.69) is 11.8 Å². The van der Waals surface area contributed by atoms with Crippen molar-refractivity contribution in [3.63, 3.8) is 0 Å². The minimum absolute atomic E-state index is 0.0914. The van der Waals surface area contributed by atoms with Crippen LogP contribution in [0.4, 0.5) is 0 Å². The third kappa shape index (κ3) is 2.42. The van der Waals surface area contributed by atoms with Gasteiger partial charge in [0.15, 0.2) is 0 Å². The molecule has 1 fully saturated rings. The standard InChI is InChI=1S/C10H21NO2/c1-3-5-11-6-4-10(2,8-12)9(13)7-11/h9,12-13H,3-8H2,1-2H3. The highest BCUT2D eigenvalue weighted by molar-refractivity contribution is 4.89. The second kappa shape index (κ2) is 4.40. The summed E-state index contributed by atoms with van der Waals surface area (Å²) in [6, 6.07) is 0. The summed E-state index contributed by atoms with van der Waals surface area (Å²) in [5, 5.41) is 19.0. The van der Waals surface area contributed by atoms with E-state index in [4.69, 9.17) is 5.11 Å². The molecule has 2 N–H and O–H groups in total. The van der Waals surface area contributed by atoms with Gasteiger partial charge < -0.3 is 15.1 Å². The molecule has 2 atom stereocenters. The Bertz CT molecular complexity index is 163. The molecule has 3 heteroatoms. The molecule has 1 aliphatic rings. The molecule has 0 amide bonds. The average Bonchev–Trinajstić information content (AvgIpc) is 2.12. The normalized spacial score (nSPS) is 36.5. The third-order valence-corrected chi connectivity index (χ3v) is 3.14. The minimum Gasteiger partial charge on any atom is -0.396 e.